The Morgan fingerprint density at radius 3 is 1.14 bits per heavy atom. The lowest BCUT2D eigenvalue weighted by Gasteiger charge is -2.19. The first-order valence-electron chi connectivity index (χ1n) is 8.90. The van der Waals surface area contributed by atoms with Crippen LogP contribution in [-0.4, -0.2) is 0 Å². The van der Waals surface area contributed by atoms with Crippen molar-refractivity contribution in [3.8, 4) is 0 Å². The molecule has 0 fully saturated rings. The van der Waals surface area contributed by atoms with Crippen LogP contribution in [0.15, 0.2) is 60.7 Å². The molecule has 6 heteroatoms. The average Bonchev–Trinajstić information content (AvgIpc) is 3.22. The van der Waals surface area contributed by atoms with Gasteiger partial charge >= 0.3 is 12.4 Å². The van der Waals surface area contributed by atoms with E-state index in [1.54, 1.807) is 0 Å². The summed E-state index contributed by atoms with van der Waals surface area (Å²) in [5, 5.41) is 0. The van der Waals surface area contributed by atoms with Crippen molar-refractivity contribution in [2.75, 3.05) is 0 Å². The van der Waals surface area contributed by atoms with E-state index in [4.69, 9.17) is 0 Å². The standard InChI is InChI=1S/C22H16F6/c23-21(24,25)15-5-1-13(2-6-15)17-9-11-20-18(10-12-19(17)20)14-3-7-16(8-4-14)22(26,27)28/h1-10,19-20H,11-12H2/t19-,20-/m0/s1. The lowest BCUT2D eigenvalue weighted by molar-refractivity contribution is -0.138. The van der Waals surface area contributed by atoms with E-state index >= 15 is 0 Å². The molecule has 4 rings (SSSR count). The number of alkyl halides is 6. The van der Waals surface area contributed by atoms with Gasteiger partial charge in [-0.1, -0.05) is 36.4 Å². The van der Waals surface area contributed by atoms with Gasteiger partial charge in [0, 0.05) is 0 Å². The molecule has 0 heterocycles. The molecule has 146 valence electrons. The molecule has 0 nitrogen and oxygen atoms in total. The maximum Gasteiger partial charge on any atom is 0.416 e. The van der Waals surface area contributed by atoms with Gasteiger partial charge in [-0.15, -0.1) is 0 Å². The first-order valence-corrected chi connectivity index (χ1v) is 8.90. The molecule has 2 aliphatic carbocycles. The Bertz CT molecular complexity index is 847. The van der Waals surface area contributed by atoms with Crippen LogP contribution in [0.2, 0.25) is 0 Å². The van der Waals surface area contributed by atoms with Crippen molar-refractivity contribution in [3.63, 3.8) is 0 Å². The Hall–Kier alpha value is -2.50. The molecule has 0 radical (unpaired) electrons. The van der Waals surface area contributed by atoms with Gasteiger partial charge in [0.15, 0.2) is 0 Å². The van der Waals surface area contributed by atoms with Gasteiger partial charge in [0.2, 0.25) is 0 Å². The van der Waals surface area contributed by atoms with Crippen LogP contribution < -0.4 is 0 Å². The Morgan fingerprint density at radius 2 is 0.857 bits per heavy atom. The molecular weight excluding hydrogens is 378 g/mol. The summed E-state index contributed by atoms with van der Waals surface area (Å²) in [6, 6.07) is 10.3. The summed E-state index contributed by atoms with van der Waals surface area (Å²) in [5.41, 5.74) is 2.20. The van der Waals surface area contributed by atoms with Gasteiger partial charge in [0.25, 0.3) is 0 Å². The fourth-order valence-electron chi connectivity index (χ4n) is 4.19. The Morgan fingerprint density at radius 1 is 0.536 bits per heavy atom. The lowest BCUT2D eigenvalue weighted by atomic mass is 9.85. The van der Waals surface area contributed by atoms with Crippen molar-refractivity contribution in [1.29, 1.82) is 0 Å². The molecule has 2 aromatic carbocycles. The minimum absolute atomic E-state index is 0.147. The molecule has 2 atom stereocenters. The van der Waals surface area contributed by atoms with Gasteiger partial charge in [-0.05, 0) is 71.2 Å². The van der Waals surface area contributed by atoms with Crippen molar-refractivity contribution in [1.82, 2.24) is 0 Å². The summed E-state index contributed by atoms with van der Waals surface area (Å²) >= 11 is 0. The summed E-state index contributed by atoms with van der Waals surface area (Å²) in [4.78, 5) is 0. The Kier molecular flexibility index (Phi) is 4.40. The fourth-order valence-corrected chi connectivity index (χ4v) is 4.19. The highest BCUT2D eigenvalue weighted by molar-refractivity contribution is 5.80. The number of hydrogen-bond acceptors (Lipinski definition) is 0. The topological polar surface area (TPSA) is 0 Å². The van der Waals surface area contributed by atoms with Gasteiger partial charge in [0.05, 0.1) is 11.1 Å². The van der Waals surface area contributed by atoms with Crippen LogP contribution in [0.3, 0.4) is 0 Å². The molecule has 2 aliphatic rings. The molecule has 0 aromatic heterocycles. The minimum Gasteiger partial charge on any atom is -0.166 e. The van der Waals surface area contributed by atoms with Gasteiger partial charge in [0.1, 0.15) is 0 Å². The maximum atomic E-state index is 12.8. The highest BCUT2D eigenvalue weighted by atomic mass is 19.4. The highest BCUT2D eigenvalue weighted by Crippen LogP contribution is 2.51. The van der Waals surface area contributed by atoms with E-state index in [1.807, 2.05) is 12.2 Å². The summed E-state index contributed by atoms with van der Waals surface area (Å²) < 4.78 is 76.6. The number of halogens is 6. The SMILES string of the molecule is FC(F)(F)c1ccc(C2=CC[C@H]3C(c4ccc(C(F)(F)F)cc4)=CC[C@@H]23)cc1. The second kappa shape index (κ2) is 6.54. The summed E-state index contributed by atoms with van der Waals surface area (Å²) in [6.07, 6.45) is -3.20. The van der Waals surface area contributed by atoms with E-state index in [0.29, 0.717) is 0 Å². The van der Waals surface area contributed by atoms with Crippen molar-refractivity contribution in [2.45, 2.75) is 25.2 Å². The lowest BCUT2D eigenvalue weighted by Crippen LogP contribution is -2.08. The number of fused-ring (bicyclic) bond motifs is 1. The van der Waals surface area contributed by atoms with Crippen molar-refractivity contribution >= 4 is 11.1 Å². The molecule has 0 spiro atoms. The molecular formula is C22H16F6. The zero-order valence-corrected chi connectivity index (χ0v) is 14.6. The second-order valence-corrected chi connectivity index (χ2v) is 7.15. The van der Waals surface area contributed by atoms with E-state index in [9.17, 15) is 26.3 Å². The first kappa shape index (κ1) is 18.8. The Labute approximate surface area is 158 Å². The van der Waals surface area contributed by atoms with Gasteiger partial charge in [-0.25, -0.2) is 0 Å². The van der Waals surface area contributed by atoms with Crippen LogP contribution in [0.25, 0.3) is 11.1 Å². The zero-order chi connectivity index (χ0) is 20.1. The second-order valence-electron chi connectivity index (χ2n) is 7.15. The van der Waals surface area contributed by atoms with Crippen LogP contribution in [0.1, 0.15) is 35.1 Å². The molecule has 2 aromatic rings. The molecule has 0 saturated heterocycles. The molecule has 28 heavy (non-hydrogen) atoms. The smallest absolute Gasteiger partial charge is 0.166 e. The number of hydrogen-bond donors (Lipinski definition) is 0. The van der Waals surface area contributed by atoms with Crippen molar-refractivity contribution in [2.24, 2.45) is 11.8 Å². The van der Waals surface area contributed by atoms with Crippen LogP contribution in [0.5, 0.6) is 0 Å². The Balaban J connectivity index is 1.52. The summed E-state index contributed by atoms with van der Waals surface area (Å²) in [7, 11) is 0. The number of benzene rings is 2. The van der Waals surface area contributed by atoms with E-state index in [-0.39, 0.29) is 11.8 Å². The first-order chi connectivity index (χ1) is 13.1. The zero-order valence-electron chi connectivity index (χ0n) is 14.6. The summed E-state index contributed by atoms with van der Waals surface area (Å²) in [5.74, 6) is 0.294. The van der Waals surface area contributed by atoms with Crippen molar-refractivity contribution < 1.29 is 26.3 Å². The maximum absolute atomic E-state index is 12.8. The van der Waals surface area contributed by atoms with Gasteiger partial charge < -0.3 is 0 Å². The van der Waals surface area contributed by atoms with Crippen LogP contribution in [0, 0.1) is 11.8 Å². The monoisotopic (exact) mass is 394 g/mol. The largest absolute Gasteiger partial charge is 0.416 e. The van der Waals surface area contributed by atoms with Crippen LogP contribution >= 0.6 is 0 Å². The van der Waals surface area contributed by atoms with Crippen LogP contribution in [0.4, 0.5) is 26.3 Å². The van der Waals surface area contributed by atoms with E-state index in [1.165, 1.54) is 24.3 Å². The van der Waals surface area contributed by atoms with E-state index < -0.39 is 23.5 Å². The number of allylic oxidation sites excluding steroid dienone is 4. The normalized spacial score (nSPS) is 22.1. The van der Waals surface area contributed by atoms with E-state index in [2.05, 4.69) is 0 Å². The summed E-state index contributed by atoms with van der Waals surface area (Å²) in [6.45, 7) is 0. The molecule has 0 bridgehead atoms. The predicted octanol–water partition coefficient (Wildman–Crippen LogP) is 7.23. The number of rotatable bonds is 2. The van der Waals surface area contributed by atoms with Gasteiger partial charge in [-0.2, -0.15) is 26.3 Å². The van der Waals surface area contributed by atoms with E-state index in [0.717, 1.165) is 59.4 Å². The van der Waals surface area contributed by atoms with Crippen molar-refractivity contribution in [3.05, 3.63) is 82.9 Å². The average molecular weight is 394 g/mol. The van der Waals surface area contributed by atoms with Gasteiger partial charge in [-0.3, -0.25) is 0 Å². The molecule has 0 aliphatic heterocycles. The third kappa shape index (κ3) is 3.36. The minimum atomic E-state index is -4.37. The third-order valence-electron chi connectivity index (χ3n) is 5.56. The quantitative estimate of drug-likeness (QED) is 0.471. The molecule has 0 N–H and O–H groups in total. The highest BCUT2D eigenvalue weighted by Gasteiger charge is 2.37. The fraction of sp³-hybridized carbons (Fsp3) is 0.273. The molecule has 0 amide bonds. The molecule has 0 saturated carbocycles. The van der Waals surface area contributed by atoms with Crippen LogP contribution in [-0.2, 0) is 12.4 Å². The third-order valence-corrected chi connectivity index (χ3v) is 5.56. The molecule has 0 unspecified atom stereocenters. The predicted molar refractivity (Wildman–Crippen MR) is 95.1 cm³/mol.